The average molecular weight is 264 g/mol. The van der Waals surface area contributed by atoms with E-state index in [-0.39, 0.29) is 24.0 Å². The summed E-state index contributed by atoms with van der Waals surface area (Å²) >= 11 is 0. The Morgan fingerprint density at radius 2 is 2.11 bits per heavy atom. The number of carbonyl (C=O) groups excluding carboxylic acids is 1. The molecular formula is C14H20N2O3. The molecular weight excluding hydrogens is 244 g/mol. The Balaban J connectivity index is 1.93. The van der Waals surface area contributed by atoms with Crippen LogP contribution in [-0.2, 0) is 4.79 Å². The molecule has 2 fully saturated rings. The summed E-state index contributed by atoms with van der Waals surface area (Å²) < 4.78 is 0. The maximum atomic E-state index is 11.8. The zero-order valence-electron chi connectivity index (χ0n) is 11.1. The Labute approximate surface area is 113 Å². The second-order valence-electron chi connectivity index (χ2n) is 5.65. The Bertz CT molecular complexity index is 415. The number of urea groups is 1. The number of fused-ring (bicyclic) bond motifs is 2. The normalized spacial score (nSPS) is 33.5. The van der Waals surface area contributed by atoms with E-state index in [1.165, 1.54) is 0 Å². The number of rotatable bonds is 4. The predicted octanol–water partition coefficient (Wildman–Crippen LogP) is 1.20. The third-order valence-corrected chi connectivity index (χ3v) is 4.30. The highest BCUT2D eigenvalue weighted by Crippen LogP contribution is 2.48. The number of carboxylic acid groups (broad SMARTS) is 1. The fraction of sp³-hybridized carbons (Fsp3) is 0.714. The zero-order valence-corrected chi connectivity index (χ0v) is 11.1. The molecule has 0 aromatic heterocycles. The van der Waals surface area contributed by atoms with Crippen molar-refractivity contribution < 1.29 is 14.7 Å². The second-order valence-corrected chi connectivity index (χ2v) is 5.65. The third kappa shape index (κ3) is 2.83. The SMILES string of the molecule is C#CCC(C)NC(=O)NC1C2CCC(C2)C1C(=O)O. The van der Waals surface area contributed by atoms with Gasteiger partial charge < -0.3 is 15.7 Å². The minimum absolute atomic E-state index is 0.105. The van der Waals surface area contributed by atoms with Crippen molar-refractivity contribution in [2.24, 2.45) is 17.8 Å². The highest BCUT2D eigenvalue weighted by molar-refractivity contribution is 5.77. The molecule has 5 heteroatoms. The van der Waals surface area contributed by atoms with E-state index >= 15 is 0 Å². The summed E-state index contributed by atoms with van der Waals surface area (Å²) in [6.07, 6.45) is 8.54. The molecule has 0 heterocycles. The Morgan fingerprint density at radius 1 is 1.42 bits per heavy atom. The molecule has 2 amide bonds. The van der Waals surface area contributed by atoms with Crippen LogP contribution in [0.1, 0.15) is 32.6 Å². The molecule has 2 aliphatic carbocycles. The van der Waals surface area contributed by atoms with Gasteiger partial charge in [-0.25, -0.2) is 4.79 Å². The van der Waals surface area contributed by atoms with Crippen LogP contribution in [0, 0.1) is 30.1 Å². The van der Waals surface area contributed by atoms with Gasteiger partial charge in [0.25, 0.3) is 0 Å². The predicted molar refractivity (Wildman–Crippen MR) is 70.3 cm³/mol. The lowest BCUT2D eigenvalue weighted by atomic mass is 9.84. The first-order valence-corrected chi connectivity index (χ1v) is 6.76. The topological polar surface area (TPSA) is 78.4 Å². The second kappa shape index (κ2) is 5.52. The minimum Gasteiger partial charge on any atom is -0.481 e. The van der Waals surface area contributed by atoms with E-state index in [2.05, 4.69) is 16.6 Å². The molecule has 19 heavy (non-hydrogen) atoms. The maximum absolute atomic E-state index is 11.8. The molecule has 5 nitrogen and oxygen atoms in total. The van der Waals surface area contributed by atoms with Gasteiger partial charge in [-0.05, 0) is 38.0 Å². The molecule has 0 aromatic rings. The molecule has 104 valence electrons. The van der Waals surface area contributed by atoms with Crippen LogP contribution in [0.4, 0.5) is 4.79 Å². The summed E-state index contributed by atoms with van der Waals surface area (Å²) in [4.78, 5) is 23.2. The van der Waals surface area contributed by atoms with Crippen molar-refractivity contribution >= 4 is 12.0 Å². The van der Waals surface area contributed by atoms with Gasteiger partial charge in [-0.3, -0.25) is 4.79 Å². The number of aliphatic carboxylic acids is 1. The summed E-state index contributed by atoms with van der Waals surface area (Å²) in [6, 6.07) is -0.660. The third-order valence-electron chi connectivity index (χ3n) is 4.30. The Morgan fingerprint density at radius 3 is 2.74 bits per heavy atom. The number of carbonyl (C=O) groups is 2. The number of amides is 2. The van der Waals surface area contributed by atoms with Crippen LogP contribution < -0.4 is 10.6 Å². The first kappa shape index (κ1) is 13.7. The van der Waals surface area contributed by atoms with Crippen LogP contribution in [0.5, 0.6) is 0 Å². The summed E-state index contributed by atoms with van der Waals surface area (Å²) in [5.41, 5.74) is 0. The minimum atomic E-state index is -0.797. The number of terminal acetylenes is 1. The molecule has 0 radical (unpaired) electrons. The van der Waals surface area contributed by atoms with Crippen molar-refractivity contribution in [3.63, 3.8) is 0 Å². The Hall–Kier alpha value is -1.70. The van der Waals surface area contributed by atoms with Gasteiger partial charge in [0.2, 0.25) is 0 Å². The number of hydrogen-bond acceptors (Lipinski definition) is 2. The zero-order chi connectivity index (χ0) is 14.0. The van der Waals surface area contributed by atoms with E-state index < -0.39 is 11.9 Å². The molecule has 3 N–H and O–H groups in total. The number of carboxylic acids is 1. The van der Waals surface area contributed by atoms with Gasteiger partial charge in [0.15, 0.2) is 0 Å². The fourth-order valence-corrected chi connectivity index (χ4v) is 3.50. The van der Waals surface area contributed by atoms with Gasteiger partial charge in [-0.2, -0.15) is 0 Å². The summed E-state index contributed by atoms with van der Waals surface area (Å²) in [6.45, 7) is 1.83. The fourth-order valence-electron chi connectivity index (χ4n) is 3.50. The van der Waals surface area contributed by atoms with Crippen molar-refractivity contribution in [3.8, 4) is 12.3 Å². The molecule has 2 rings (SSSR count). The molecule has 0 spiro atoms. The van der Waals surface area contributed by atoms with E-state index in [9.17, 15) is 14.7 Å². The van der Waals surface area contributed by atoms with E-state index in [0.717, 1.165) is 19.3 Å². The van der Waals surface area contributed by atoms with Gasteiger partial charge in [0.1, 0.15) is 0 Å². The van der Waals surface area contributed by atoms with Crippen molar-refractivity contribution in [1.82, 2.24) is 10.6 Å². The molecule has 0 aromatic carbocycles. The smallest absolute Gasteiger partial charge is 0.315 e. The highest BCUT2D eigenvalue weighted by Gasteiger charge is 2.51. The van der Waals surface area contributed by atoms with Gasteiger partial charge in [-0.1, -0.05) is 0 Å². The number of nitrogens with one attached hydrogen (secondary N) is 2. The average Bonchev–Trinajstić information content (AvgIpc) is 2.88. The molecule has 2 aliphatic rings. The molecule has 2 bridgehead atoms. The standard InChI is InChI=1S/C14H20N2O3/c1-3-4-8(2)15-14(19)16-12-10-6-5-9(7-10)11(12)13(17)18/h1,8-12H,4-7H2,2H3,(H,17,18)(H2,15,16,19). The van der Waals surface area contributed by atoms with E-state index in [1.807, 2.05) is 6.92 Å². The lowest BCUT2D eigenvalue weighted by molar-refractivity contribution is -0.144. The highest BCUT2D eigenvalue weighted by atomic mass is 16.4. The van der Waals surface area contributed by atoms with Gasteiger partial charge in [0, 0.05) is 18.5 Å². The van der Waals surface area contributed by atoms with E-state index in [0.29, 0.717) is 12.3 Å². The van der Waals surface area contributed by atoms with Gasteiger partial charge in [0.05, 0.1) is 5.92 Å². The summed E-state index contributed by atoms with van der Waals surface area (Å²) in [5.74, 6) is 1.77. The quantitative estimate of drug-likeness (QED) is 0.667. The van der Waals surface area contributed by atoms with Crippen molar-refractivity contribution in [2.75, 3.05) is 0 Å². The lowest BCUT2D eigenvalue weighted by Gasteiger charge is -2.29. The lowest BCUT2D eigenvalue weighted by Crippen LogP contribution is -2.51. The molecule has 0 aliphatic heterocycles. The van der Waals surface area contributed by atoms with Crippen LogP contribution >= 0.6 is 0 Å². The number of hydrogen-bond donors (Lipinski definition) is 3. The van der Waals surface area contributed by atoms with E-state index in [4.69, 9.17) is 6.42 Å². The summed E-state index contributed by atoms with van der Waals surface area (Å²) in [5, 5.41) is 14.9. The Kier molecular flexibility index (Phi) is 3.98. The first-order chi connectivity index (χ1) is 9.02. The van der Waals surface area contributed by atoms with Crippen molar-refractivity contribution in [2.45, 2.75) is 44.7 Å². The monoisotopic (exact) mass is 264 g/mol. The summed E-state index contributed by atoms with van der Waals surface area (Å²) in [7, 11) is 0. The van der Waals surface area contributed by atoms with Gasteiger partial charge in [-0.15, -0.1) is 12.3 Å². The first-order valence-electron chi connectivity index (χ1n) is 6.76. The van der Waals surface area contributed by atoms with Gasteiger partial charge >= 0.3 is 12.0 Å². The van der Waals surface area contributed by atoms with Crippen LogP contribution in [-0.4, -0.2) is 29.2 Å². The molecule has 0 saturated heterocycles. The maximum Gasteiger partial charge on any atom is 0.315 e. The molecule has 5 unspecified atom stereocenters. The molecule has 2 saturated carbocycles. The largest absolute Gasteiger partial charge is 0.481 e. The van der Waals surface area contributed by atoms with Crippen LogP contribution in [0.3, 0.4) is 0 Å². The van der Waals surface area contributed by atoms with Crippen LogP contribution in [0.25, 0.3) is 0 Å². The van der Waals surface area contributed by atoms with Crippen molar-refractivity contribution in [1.29, 1.82) is 0 Å². The van der Waals surface area contributed by atoms with Crippen LogP contribution in [0.15, 0.2) is 0 Å². The molecule has 5 atom stereocenters. The van der Waals surface area contributed by atoms with Crippen LogP contribution in [0.2, 0.25) is 0 Å². The van der Waals surface area contributed by atoms with Crippen molar-refractivity contribution in [3.05, 3.63) is 0 Å². The van der Waals surface area contributed by atoms with E-state index in [1.54, 1.807) is 0 Å².